The molecule has 0 radical (unpaired) electrons. The van der Waals surface area contributed by atoms with E-state index in [1.165, 1.54) is 11.3 Å². The molecule has 0 bridgehead atoms. The van der Waals surface area contributed by atoms with E-state index in [-0.39, 0.29) is 6.04 Å². The molecule has 2 rings (SSSR count). The van der Waals surface area contributed by atoms with Crippen LogP contribution in [0.2, 0.25) is 0 Å². The molecule has 1 fully saturated rings. The minimum atomic E-state index is -3.32. The van der Waals surface area contributed by atoms with Gasteiger partial charge in [-0.05, 0) is 23.9 Å². The predicted octanol–water partition coefficient (Wildman–Crippen LogP) is 2.61. The van der Waals surface area contributed by atoms with Crippen molar-refractivity contribution in [2.24, 2.45) is 0 Å². The first-order chi connectivity index (χ1) is 8.05. The van der Waals surface area contributed by atoms with Crippen molar-refractivity contribution in [3.8, 4) is 0 Å². The molecule has 1 aliphatic rings. The molecule has 1 unspecified atom stereocenters. The maximum atomic E-state index is 12.4. The third kappa shape index (κ3) is 2.81. The van der Waals surface area contributed by atoms with Crippen LogP contribution in [0, 0.1) is 0 Å². The Kier molecular flexibility index (Phi) is 4.41. The van der Waals surface area contributed by atoms with Gasteiger partial charge in [-0.25, -0.2) is 8.42 Å². The molecule has 0 N–H and O–H groups in total. The molecule has 1 aromatic rings. The number of sulfonamides is 1. The van der Waals surface area contributed by atoms with Crippen LogP contribution in [-0.2, 0) is 15.9 Å². The minimum Gasteiger partial charge on any atom is -0.206 e. The molecule has 1 atom stereocenters. The first-order valence-corrected chi connectivity index (χ1v) is 9.29. The summed E-state index contributed by atoms with van der Waals surface area (Å²) in [5.41, 5.74) is 0.870. The zero-order valence-electron chi connectivity index (χ0n) is 9.43. The Morgan fingerprint density at radius 3 is 2.94 bits per heavy atom. The first-order valence-electron chi connectivity index (χ1n) is 5.28. The summed E-state index contributed by atoms with van der Waals surface area (Å²) in [6.45, 7) is 2.56. The van der Waals surface area contributed by atoms with Crippen molar-refractivity contribution in [2.45, 2.75) is 23.1 Å². The molecule has 17 heavy (non-hydrogen) atoms. The predicted molar refractivity (Wildman–Crippen MR) is 74.6 cm³/mol. The van der Waals surface area contributed by atoms with Crippen LogP contribution in [0.1, 0.15) is 12.5 Å². The van der Waals surface area contributed by atoms with Crippen LogP contribution in [0.5, 0.6) is 0 Å². The molecule has 0 spiro atoms. The lowest BCUT2D eigenvalue weighted by molar-refractivity contribution is 0.368. The first kappa shape index (κ1) is 13.7. The summed E-state index contributed by atoms with van der Waals surface area (Å²) in [4.78, 5) is 0. The van der Waals surface area contributed by atoms with E-state index in [0.717, 1.165) is 17.1 Å². The van der Waals surface area contributed by atoms with Gasteiger partial charge in [0.15, 0.2) is 0 Å². The Balaban J connectivity index is 2.28. The third-order valence-electron chi connectivity index (χ3n) is 2.65. The van der Waals surface area contributed by atoms with Crippen LogP contribution >= 0.6 is 34.7 Å². The smallest absolute Gasteiger partial charge is 0.206 e. The quantitative estimate of drug-likeness (QED) is 0.805. The lowest BCUT2D eigenvalue weighted by Gasteiger charge is -2.31. The van der Waals surface area contributed by atoms with E-state index in [4.69, 9.17) is 11.6 Å². The Morgan fingerprint density at radius 1 is 1.59 bits per heavy atom. The zero-order chi connectivity index (χ0) is 12.5. The maximum absolute atomic E-state index is 12.4. The van der Waals surface area contributed by atoms with Gasteiger partial charge in [0.25, 0.3) is 10.0 Å². The van der Waals surface area contributed by atoms with Crippen molar-refractivity contribution in [3.63, 3.8) is 0 Å². The largest absolute Gasteiger partial charge is 0.252 e. The van der Waals surface area contributed by atoms with Gasteiger partial charge >= 0.3 is 0 Å². The average Bonchev–Trinajstić information content (AvgIpc) is 2.78. The second-order valence-corrected chi connectivity index (χ2v) is 8.39. The van der Waals surface area contributed by atoms with Crippen LogP contribution in [0.15, 0.2) is 15.7 Å². The third-order valence-corrected chi connectivity index (χ3v) is 7.63. The number of rotatable bonds is 3. The van der Waals surface area contributed by atoms with Gasteiger partial charge in [-0.2, -0.15) is 16.1 Å². The Bertz CT molecular complexity index is 485. The molecular weight excluding hydrogens is 298 g/mol. The van der Waals surface area contributed by atoms with E-state index in [1.807, 2.05) is 12.3 Å². The van der Waals surface area contributed by atoms with Gasteiger partial charge in [-0.15, -0.1) is 22.9 Å². The molecule has 0 aromatic carbocycles. The van der Waals surface area contributed by atoms with Crippen molar-refractivity contribution < 1.29 is 8.42 Å². The monoisotopic (exact) mass is 311 g/mol. The Labute approximate surface area is 115 Å². The van der Waals surface area contributed by atoms with E-state index in [2.05, 4.69) is 0 Å². The second kappa shape index (κ2) is 5.48. The van der Waals surface area contributed by atoms with Crippen LogP contribution < -0.4 is 0 Å². The lowest BCUT2D eigenvalue weighted by Crippen LogP contribution is -2.44. The van der Waals surface area contributed by atoms with Gasteiger partial charge in [0.1, 0.15) is 4.21 Å². The number of hydrogen-bond acceptors (Lipinski definition) is 4. The summed E-state index contributed by atoms with van der Waals surface area (Å²) in [6.07, 6.45) is 0. The summed E-state index contributed by atoms with van der Waals surface area (Å²) in [5.74, 6) is 2.10. The van der Waals surface area contributed by atoms with E-state index in [0.29, 0.717) is 16.6 Å². The Hall–Kier alpha value is 0.250. The fourth-order valence-electron chi connectivity index (χ4n) is 1.74. The summed E-state index contributed by atoms with van der Waals surface area (Å²) in [7, 11) is -3.32. The fraction of sp³-hybridized carbons (Fsp3) is 0.600. The highest BCUT2D eigenvalue weighted by Crippen LogP contribution is 2.28. The lowest BCUT2D eigenvalue weighted by atomic mass is 10.4. The molecule has 0 saturated carbocycles. The highest BCUT2D eigenvalue weighted by Gasteiger charge is 2.32. The fourth-order valence-corrected chi connectivity index (χ4v) is 6.18. The van der Waals surface area contributed by atoms with Crippen molar-refractivity contribution in [3.05, 3.63) is 17.0 Å². The van der Waals surface area contributed by atoms with E-state index in [1.54, 1.807) is 22.1 Å². The SMILES string of the molecule is CC1CSCCN1S(=O)(=O)c1cc(CCl)cs1. The summed E-state index contributed by atoms with van der Waals surface area (Å²) in [6, 6.07) is 1.75. The summed E-state index contributed by atoms with van der Waals surface area (Å²) in [5, 5.41) is 1.81. The van der Waals surface area contributed by atoms with Crippen molar-refractivity contribution in [1.29, 1.82) is 0 Å². The van der Waals surface area contributed by atoms with Crippen molar-refractivity contribution >= 4 is 44.7 Å². The summed E-state index contributed by atoms with van der Waals surface area (Å²) < 4.78 is 26.8. The number of thiophene rings is 1. The standard InChI is InChI=1S/C10H14ClNO2S3/c1-8-6-15-3-2-12(8)17(13,14)10-4-9(5-11)7-16-10/h4,7-8H,2-3,5-6H2,1H3. The van der Waals surface area contributed by atoms with Gasteiger partial charge in [0, 0.05) is 30.0 Å². The molecule has 96 valence electrons. The van der Waals surface area contributed by atoms with Gasteiger partial charge in [0.2, 0.25) is 0 Å². The summed E-state index contributed by atoms with van der Waals surface area (Å²) >= 11 is 8.76. The molecule has 1 aromatic heterocycles. The van der Waals surface area contributed by atoms with Gasteiger partial charge in [-0.3, -0.25) is 0 Å². The molecule has 0 amide bonds. The molecule has 7 heteroatoms. The minimum absolute atomic E-state index is 0.0697. The number of alkyl halides is 1. The highest BCUT2D eigenvalue weighted by atomic mass is 35.5. The van der Waals surface area contributed by atoms with Crippen LogP contribution in [0.3, 0.4) is 0 Å². The van der Waals surface area contributed by atoms with E-state index in [9.17, 15) is 8.42 Å². The van der Waals surface area contributed by atoms with Crippen molar-refractivity contribution in [1.82, 2.24) is 4.31 Å². The van der Waals surface area contributed by atoms with Gasteiger partial charge in [0.05, 0.1) is 0 Å². The maximum Gasteiger partial charge on any atom is 0.252 e. The van der Waals surface area contributed by atoms with E-state index < -0.39 is 10.0 Å². The number of halogens is 1. The molecule has 1 saturated heterocycles. The van der Waals surface area contributed by atoms with Gasteiger partial charge < -0.3 is 0 Å². The highest BCUT2D eigenvalue weighted by molar-refractivity contribution is 7.99. The molecular formula is C10H14ClNO2S3. The van der Waals surface area contributed by atoms with E-state index >= 15 is 0 Å². The number of nitrogens with zero attached hydrogens (tertiary/aromatic N) is 1. The molecule has 1 aliphatic heterocycles. The van der Waals surface area contributed by atoms with Gasteiger partial charge in [-0.1, -0.05) is 0 Å². The number of thioether (sulfide) groups is 1. The topological polar surface area (TPSA) is 37.4 Å². The van der Waals surface area contributed by atoms with Crippen LogP contribution in [0.4, 0.5) is 0 Å². The van der Waals surface area contributed by atoms with Crippen molar-refractivity contribution in [2.75, 3.05) is 18.1 Å². The molecule has 3 nitrogen and oxygen atoms in total. The Morgan fingerprint density at radius 2 is 2.35 bits per heavy atom. The normalized spacial score (nSPS) is 22.8. The van der Waals surface area contributed by atoms with Crippen LogP contribution in [0.25, 0.3) is 0 Å². The average molecular weight is 312 g/mol. The second-order valence-electron chi connectivity index (χ2n) is 3.95. The molecule has 0 aliphatic carbocycles. The zero-order valence-corrected chi connectivity index (χ0v) is 12.6. The van der Waals surface area contributed by atoms with Crippen LogP contribution in [-0.4, -0.2) is 36.8 Å². The number of hydrogen-bond donors (Lipinski definition) is 0. The molecule has 2 heterocycles.